The van der Waals surface area contributed by atoms with Gasteiger partial charge in [-0.15, -0.1) is 0 Å². The summed E-state index contributed by atoms with van der Waals surface area (Å²) in [5.74, 6) is 0. The van der Waals surface area contributed by atoms with Gasteiger partial charge < -0.3 is 10.0 Å². The lowest BCUT2D eigenvalue weighted by atomic mass is 10.1. The van der Waals surface area contributed by atoms with E-state index in [0.717, 1.165) is 0 Å². The van der Waals surface area contributed by atoms with Crippen molar-refractivity contribution in [2.45, 2.75) is 20.0 Å². The molecule has 0 amide bonds. The number of nitro benzene ring substituents is 2. The lowest BCUT2D eigenvalue weighted by Crippen LogP contribution is -2.28. The lowest BCUT2D eigenvalue weighted by molar-refractivity contribution is -0.392. The Balaban J connectivity index is 3.47. The molecule has 1 rings (SSSR count). The average molecular weight is 269 g/mol. The van der Waals surface area contributed by atoms with Crippen molar-refractivity contribution in [3.8, 4) is 0 Å². The second-order valence-corrected chi connectivity index (χ2v) is 4.40. The molecule has 1 aromatic rings. The SMILES string of the molecule is Cc1cc([N+](=O)[O-])c(N(C)CC(C)O)c([N+](=O)[O-])c1. The molecule has 0 saturated carbocycles. The van der Waals surface area contributed by atoms with Crippen LogP contribution in [0.1, 0.15) is 12.5 Å². The first-order chi connectivity index (χ1) is 8.73. The molecule has 0 aliphatic heterocycles. The van der Waals surface area contributed by atoms with Crippen LogP contribution in [0.15, 0.2) is 12.1 Å². The van der Waals surface area contributed by atoms with Crippen molar-refractivity contribution in [3.05, 3.63) is 37.9 Å². The lowest BCUT2D eigenvalue weighted by Gasteiger charge is -2.20. The fourth-order valence-electron chi connectivity index (χ4n) is 1.90. The molecule has 104 valence electrons. The molecule has 1 atom stereocenters. The summed E-state index contributed by atoms with van der Waals surface area (Å²) in [5.41, 5.74) is -0.334. The Bertz CT molecular complexity index is 480. The minimum Gasteiger partial charge on any atom is -0.392 e. The van der Waals surface area contributed by atoms with Gasteiger partial charge in [0.1, 0.15) is 0 Å². The summed E-state index contributed by atoms with van der Waals surface area (Å²) in [6, 6.07) is 2.56. The van der Waals surface area contributed by atoms with Crippen LogP contribution in [0, 0.1) is 27.2 Å². The summed E-state index contributed by atoms with van der Waals surface area (Å²) in [6.45, 7) is 3.12. The summed E-state index contributed by atoms with van der Waals surface area (Å²) >= 11 is 0. The zero-order chi connectivity index (χ0) is 14.7. The topological polar surface area (TPSA) is 110 Å². The van der Waals surface area contributed by atoms with Gasteiger partial charge in [-0.05, 0) is 19.4 Å². The second kappa shape index (κ2) is 5.61. The maximum Gasteiger partial charge on any atom is 0.299 e. The number of anilines is 1. The van der Waals surface area contributed by atoms with Crippen LogP contribution in [-0.4, -0.2) is 34.6 Å². The van der Waals surface area contributed by atoms with E-state index in [2.05, 4.69) is 0 Å². The van der Waals surface area contributed by atoms with Gasteiger partial charge in [-0.2, -0.15) is 0 Å². The molecule has 0 aliphatic rings. The van der Waals surface area contributed by atoms with Crippen LogP contribution in [0.3, 0.4) is 0 Å². The van der Waals surface area contributed by atoms with Crippen LogP contribution < -0.4 is 4.90 Å². The van der Waals surface area contributed by atoms with Gasteiger partial charge >= 0.3 is 0 Å². The number of rotatable bonds is 5. The quantitative estimate of drug-likeness (QED) is 0.642. The van der Waals surface area contributed by atoms with Gasteiger partial charge in [0.05, 0.1) is 16.0 Å². The van der Waals surface area contributed by atoms with E-state index in [-0.39, 0.29) is 23.6 Å². The van der Waals surface area contributed by atoms with E-state index in [9.17, 15) is 25.3 Å². The Hall–Kier alpha value is -2.22. The molecule has 1 N–H and O–H groups in total. The standard InChI is InChI=1S/C11H15N3O5/c1-7-4-9(13(16)17)11(10(5-7)14(18)19)12(3)6-8(2)15/h4-5,8,15H,6H2,1-3H3. The summed E-state index contributed by atoms with van der Waals surface area (Å²) in [5, 5.41) is 31.4. The largest absolute Gasteiger partial charge is 0.392 e. The molecule has 19 heavy (non-hydrogen) atoms. The van der Waals surface area contributed by atoms with Crippen LogP contribution in [0.4, 0.5) is 17.1 Å². The van der Waals surface area contributed by atoms with Gasteiger partial charge in [-0.25, -0.2) is 0 Å². The number of nitro groups is 2. The van der Waals surface area contributed by atoms with Crippen molar-refractivity contribution in [2.75, 3.05) is 18.5 Å². The Morgan fingerprint density at radius 1 is 1.26 bits per heavy atom. The Kier molecular flexibility index (Phi) is 4.38. The van der Waals surface area contributed by atoms with Gasteiger partial charge in [0.15, 0.2) is 5.69 Å². The Morgan fingerprint density at radius 2 is 1.68 bits per heavy atom. The number of likely N-dealkylation sites (N-methyl/N-ethyl adjacent to an activating group) is 1. The Morgan fingerprint density at radius 3 is 2.00 bits per heavy atom. The molecule has 0 saturated heterocycles. The number of aliphatic hydroxyl groups is 1. The molecule has 8 heteroatoms. The third kappa shape index (κ3) is 3.38. The molecule has 1 unspecified atom stereocenters. The fourth-order valence-corrected chi connectivity index (χ4v) is 1.90. The third-order valence-electron chi connectivity index (χ3n) is 2.53. The molecule has 0 radical (unpaired) electrons. The van der Waals surface area contributed by atoms with Crippen LogP contribution in [0.5, 0.6) is 0 Å². The summed E-state index contributed by atoms with van der Waals surface area (Å²) in [4.78, 5) is 22.1. The van der Waals surface area contributed by atoms with Crippen molar-refractivity contribution in [3.63, 3.8) is 0 Å². The molecule has 1 aromatic carbocycles. The molecule has 0 aliphatic carbocycles. The third-order valence-corrected chi connectivity index (χ3v) is 2.53. The highest BCUT2D eigenvalue weighted by Crippen LogP contribution is 2.37. The molecule has 0 bridgehead atoms. The zero-order valence-electron chi connectivity index (χ0n) is 10.9. The van der Waals surface area contributed by atoms with E-state index < -0.39 is 16.0 Å². The Labute approximate surface area is 109 Å². The molecule has 8 nitrogen and oxygen atoms in total. The minimum atomic E-state index is -0.759. The van der Waals surface area contributed by atoms with E-state index >= 15 is 0 Å². The highest BCUT2D eigenvalue weighted by Gasteiger charge is 2.29. The number of aliphatic hydroxyl groups excluding tert-OH is 1. The summed E-state index contributed by atoms with van der Waals surface area (Å²) < 4.78 is 0. The smallest absolute Gasteiger partial charge is 0.299 e. The summed E-state index contributed by atoms with van der Waals surface area (Å²) in [7, 11) is 1.47. The van der Waals surface area contributed by atoms with Crippen molar-refractivity contribution in [1.82, 2.24) is 0 Å². The van der Waals surface area contributed by atoms with E-state index in [4.69, 9.17) is 0 Å². The molecule has 0 spiro atoms. The predicted molar refractivity (Wildman–Crippen MR) is 69.4 cm³/mol. The monoisotopic (exact) mass is 269 g/mol. The van der Waals surface area contributed by atoms with Gasteiger partial charge in [0.2, 0.25) is 0 Å². The van der Waals surface area contributed by atoms with Crippen LogP contribution in [-0.2, 0) is 0 Å². The van der Waals surface area contributed by atoms with Gasteiger partial charge in [0, 0.05) is 25.7 Å². The molecule has 0 heterocycles. The molecular weight excluding hydrogens is 254 g/mol. The van der Waals surface area contributed by atoms with Gasteiger partial charge in [-0.3, -0.25) is 20.2 Å². The van der Waals surface area contributed by atoms with Crippen LogP contribution >= 0.6 is 0 Å². The fraction of sp³-hybridized carbons (Fsp3) is 0.455. The predicted octanol–water partition coefficient (Wildman–Crippen LogP) is 1.63. The maximum absolute atomic E-state index is 11.0. The maximum atomic E-state index is 11.0. The van der Waals surface area contributed by atoms with Crippen molar-refractivity contribution < 1.29 is 15.0 Å². The first kappa shape index (κ1) is 14.8. The number of hydrogen-bond donors (Lipinski definition) is 1. The number of benzene rings is 1. The first-order valence-corrected chi connectivity index (χ1v) is 5.56. The number of aryl methyl sites for hydroxylation is 1. The second-order valence-electron chi connectivity index (χ2n) is 4.40. The minimum absolute atomic E-state index is 0.0603. The van der Waals surface area contributed by atoms with Crippen molar-refractivity contribution in [2.24, 2.45) is 0 Å². The zero-order valence-corrected chi connectivity index (χ0v) is 10.9. The van der Waals surface area contributed by atoms with E-state index in [1.165, 1.54) is 31.0 Å². The highest BCUT2D eigenvalue weighted by molar-refractivity contribution is 5.75. The molecule has 0 fully saturated rings. The number of hydrogen-bond acceptors (Lipinski definition) is 6. The van der Waals surface area contributed by atoms with E-state index in [1.807, 2.05) is 0 Å². The van der Waals surface area contributed by atoms with Gasteiger partial charge in [0.25, 0.3) is 11.4 Å². The normalized spacial score (nSPS) is 12.0. The van der Waals surface area contributed by atoms with E-state index in [0.29, 0.717) is 5.56 Å². The first-order valence-electron chi connectivity index (χ1n) is 5.56. The highest BCUT2D eigenvalue weighted by atomic mass is 16.6. The van der Waals surface area contributed by atoms with E-state index in [1.54, 1.807) is 6.92 Å². The summed E-state index contributed by atoms with van der Waals surface area (Å²) in [6.07, 6.45) is -0.759. The molecule has 0 aromatic heterocycles. The van der Waals surface area contributed by atoms with Crippen LogP contribution in [0.2, 0.25) is 0 Å². The molecular formula is C11H15N3O5. The van der Waals surface area contributed by atoms with Crippen LogP contribution in [0.25, 0.3) is 0 Å². The number of nitrogens with zero attached hydrogens (tertiary/aromatic N) is 3. The van der Waals surface area contributed by atoms with Gasteiger partial charge in [-0.1, -0.05) is 0 Å². The van der Waals surface area contributed by atoms with Crippen molar-refractivity contribution >= 4 is 17.1 Å². The van der Waals surface area contributed by atoms with Crippen molar-refractivity contribution in [1.29, 1.82) is 0 Å². The average Bonchev–Trinajstić information content (AvgIpc) is 2.26.